The van der Waals surface area contributed by atoms with E-state index in [9.17, 15) is 4.79 Å². The quantitative estimate of drug-likeness (QED) is 0.679. The first-order valence-corrected chi connectivity index (χ1v) is 9.28. The summed E-state index contributed by atoms with van der Waals surface area (Å²) in [5.41, 5.74) is 2.27. The number of anilines is 3. The summed E-state index contributed by atoms with van der Waals surface area (Å²) in [6, 6.07) is 9.24. The van der Waals surface area contributed by atoms with Gasteiger partial charge in [0, 0.05) is 30.5 Å². The highest BCUT2D eigenvalue weighted by Crippen LogP contribution is 2.20. The van der Waals surface area contributed by atoms with Crippen molar-refractivity contribution in [1.82, 2.24) is 9.97 Å². The zero-order valence-corrected chi connectivity index (χ0v) is 16.1. The fourth-order valence-electron chi connectivity index (χ4n) is 2.70. The molecule has 0 aliphatic heterocycles. The van der Waals surface area contributed by atoms with E-state index in [1.165, 1.54) is 0 Å². The van der Waals surface area contributed by atoms with Crippen LogP contribution in [-0.2, 0) is 11.2 Å². The van der Waals surface area contributed by atoms with Crippen LogP contribution in [0.5, 0.6) is 0 Å². The molecule has 1 heterocycles. The molecule has 0 aliphatic rings. The maximum absolute atomic E-state index is 11.9. The number of aromatic nitrogens is 2. The van der Waals surface area contributed by atoms with Crippen molar-refractivity contribution in [3.05, 3.63) is 41.6 Å². The molecule has 26 heavy (non-hydrogen) atoms. The number of carbonyl (C=O) groups is 1. The summed E-state index contributed by atoms with van der Waals surface area (Å²) in [5.74, 6) is 1.12. The van der Waals surface area contributed by atoms with E-state index in [1.54, 1.807) is 19.1 Å². The summed E-state index contributed by atoms with van der Waals surface area (Å²) in [4.78, 5) is 23.4. The molecule has 1 aromatic heterocycles. The second kappa shape index (κ2) is 9.75. The summed E-state index contributed by atoms with van der Waals surface area (Å²) in [6.07, 6.45) is 1.92. The molecular weight excluding hydrogens is 328 g/mol. The van der Waals surface area contributed by atoms with Gasteiger partial charge in [0.05, 0.1) is 12.2 Å². The second-order valence-corrected chi connectivity index (χ2v) is 5.89. The lowest BCUT2D eigenvalue weighted by molar-refractivity contribution is 0.0526. The monoisotopic (exact) mass is 356 g/mol. The zero-order chi connectivity index (χ0) is 18.9. The molecule has 2 rings (SSSR count). The molecule has 6 nitrogen and oxygen atoms in total. The number of aryl methyl sites for hydroxylation is 1. The van der Waals surface area contributed by atoms with Crippen LogP contribution in [0.3, 0.4) is 0 Å². The molecule has 0 saturated carbocycles. The van der Waals surface area contributed by atoms with Crippen LogP contribution in [0.15, 0.2) is 30.3 Å². The SMILES string of the molecule is CCCc1cc(N(CC)CC)nc(Nc2cccc(C(=O)OCC)c2)n1. The molecule has 1 aromatic carbocycles. The highest BCUT2D eigenvalue weighted by molar-refractivity contribution is 5.90. The van der Waals surface area contributed by atoms with Crippen molar-refractivity contribution in [2.24, 2.45) is 0 Å². The molecule has 6 heteroatoms. The van der Waals surface area contributed by atoms with Crippen molar-refractivity contribution in [2.45, 2.75) is 40.5 Å². The third-order valence-corrected chi connectivity index (χ3v) is 3.99. The zero-order valence-electron chi connectivity index (χ0n) is 16.1. The largest absolute Gasteiger partial charge is 0.462 e. The predicted octanol–water partition coefficient (Wildman–Crippen LogP) is 4.20. The van der Waals surface area contributed by atoms with Crippen LogP contribution in [0.25, 0.3) is 0 Å². The van der Waals surface area contributed by atoms with Crippen molar-refractivity contribution in [1.29, 1.82) is 0 Å². The van der Waals surface area contributed by atoms with Crippen molar-refractivity contribution >= 4 is 23.4 Å². The Morgan fingerprint density at radius 1 is 1.12 bits per heavy atom. The molecule has 1 N–H and O–H groups in total. The predicted molar refractivity (Wildman–Crippen MR) is 105 cm³/mol. The van der Waals surface area contributed by atoms with E-state index < -0.39 is 0 Å². The number of nitrogens with zero attached hydrogens (tertiary/aromatic N) is 3. The summed E-state index contributed by atoms with van der Waals surface area (Å²) < 4.78 is 5.06. The molecule has 0 saturated heterocycles. The highest BCUT2D eigenvalue weighted by atomic mass is 16.5. The molecule has 0 aliphatic carbocycles. The van der Waals surface area contributed by atoms with Gasteiger partial charge in [-0.2, -0.15) is 4.98 Å². The number of benzene rings is 1. The third kappa shape index (κ3) is 5.18. The molecule has 0 radical (unpaired) electrons. The van der Waals surface area contributed by atoms with Crippen molar-refractivity contribution in [3.63, 3.8) is 0 Å². The minimum Gasteiger partial charge on any atom is -0.462 e. The standard InChI is InChI=1S/C20H28N4O2/c1-5-10-16-14-18(24(6-2)7-3)23-20(21-16)22-17-12-9-11-15(13-17)19(25)26-8-4/h9,11-14H,5-8,10H2,1-4H3,(H,21,22,23). The van der Waals surface area contributed by atoms with Crippen LogP contribution in [0.4, 0.5) is 17.5 Å². The van der Waals surface area contributed by atoms with Crippen LogP contribution in [0, 0.1) is 0 Å². The van der Waals surface area contributed by atoms with Gasteiger partial charge in [-0.15, -0.1) is 0 Å². The minimum atomic E-state index is -0.333. The van der Waals surface area contributed by atoms with E-state index >= 15 is 0 Å². The number of rotatable bonds is 9. The summed E-state index contributed by atoms with van der Waals surface area (Å²) in [6.45, 7) is 10.3. The van der Waals surface area contributed by atoms with E-state index in [0.29, 0.717) is 18.1 Å². The molecule has 0 unspecified atom stereocenters. The number of hydrogen-bond donors (Lipinski definition) is 1. The Morgan fingerprint density at radius 2 is 1.88 bits per heavy atom. The Bertz CT molecular complexity index is 730. The maximum Gasteiger partial charge on any atom is 0.338 e. The number of hydrogen-bond acceptors (Lipinski definition) is 6. The van der Waals surface area contributed by atoms with Gasteiger partial charge in [0.2, 0.25) is 5.95 Å². The molecule has 2 aromatic rings. The first-order chi connectivity index (χ1) is 12.6. The highest BCUT2D eigenvalue weighted by Gasteiger charge is 2.11. The Balaban J connectivity index is 2.30. The minimum absolute atomic E-state index is 0.333. The van der Waals surface area contributed by atoms with Gasteiger partial charge < -0.3 is 15.0 Å². The molecule has 0 amide bonds. The molecular formula is C20H28N4O2. The normalized spacial score (nSPS) is 10.5. The van der Waals surface area contributed by atoms with Crippen LogP contribution in [-0.4, -0.2) is 35.6 Å². The molecule has 0 fully saturated rings. The van der Waals surface area contributed by atoms with Gasteiger partial charge in [-0.05, 0) is 45.4 Å². The lowest BCUT2D eigenvalue weighted by Gasteiger charge is -2.21. The second-order valence-electron chi connectivity index (χ2n) is 5.89. The van der Waals surface area contributed by atoms with Crippen molar-refractivity contribution in [3.8, 4) is 0 Å². The summed E-state index contributed by atoms with van der Waals surface area (Å²) in [5, 5.41) is 3.23. The van der Waals surface area contributed by atoms with Gasteiger partial charge in [0.25, 0.3) is 0 Å². The van der Waals surface area contributed by atoms with Gasteiger partial charge in [-0.3, -0.25) is 0 Å². The van der Waals surface area contributed by atoms with E-state index in [0.717, 1.165) is 43.1 Å². The van der Waals surface area contributed by atoms with Gasteiger partial charge in [0.1, 0.15) is 5.82 Å². The average Bonchev–Trinajstić information content (AvgIpc) is 2.63. The topological polar surface area (TPSA) is 67.4 Å². The molecule has 0 bridgehead atoms. The first kappa shape index (κ1) is 19.7. The Labute approximate surface area is 155 Å². The van der Waals surface area contributed by atoms with Crippen LogP contribution < -0.4 is 10.2 Å². The molecule has 0 spiro atoms. The van der Waals surface area contributed by atoms with Gasteiger partial charge in [-0.1, -0.05) is 19.4 Å². The fraction of sp³-hybridized carbons (Fsp3) is 0.450. The number of carbonyl (C=O) groups excluding carboxylic acids is 1. The van der Waals surface area contributed by atoms with Crippen LogP contribution >= 0.6 is 0 Å². The molecule has 0 atom stereocenters. The third-order valence-electron chi connectivity index (χ3n) is 3.99. The van der Waals surface area contributed by atoms with E-state index in [1.807, 2.05) is 12.1 Å². The van der Waals surface area contributed by atoms with Crippen LogP contribution in [0.2, 0.25) is 0 Å². The smallest absolute Gasteiger partial charge is 0.338 e. The number of ether oxygens (including phenoxy) is 1. The fourth-order valence-corrected chi connectivity index (χ4v) is 2.70. The van der Waals surface area contributed by atoms with E-state index in [4.69, 9.17) is 4.74 Å². The Hall–Kier alpha value is -2.63. The summed E-state index contributed by atoms with van der Waals surface area (Å²) >= 11 is 0. The van der Waals surface area contributed by atoms with Crippen molar-refractivity contribution < 1.29 is 9.53 Å². The number of esters is 1. The van der Waals surface area contributed by atoms with E-state index in [-0.39, 0.29) is 5.97 Å². The molecule has 140 valence electrons. The Morgan fingerprint density at radius 3 is 2.54 bits per heavy atom. The average molecular weight is 356 g/mol. The van der Waals surface area contributed by atoms with E-state index in [2.05, 4.69) is 47.0 Å². The van der Waals surface area contributed by atoms with Gasteiger partial charge in [-0.25, -0.2) is 9.78 Å². The number of nitrogens with one attached hydrogen (secondary N) is 1. The lowest BCUT2D eigenvalue weighted by Crippen LogP contribution is -2.23. The van der Waals surface area contributed by atoms with Gasteiger partial charge >= 0.3 is 5.97 Å². The maximum atomic E-state index is 11.9. The first-order valence-electron chi connectivity index (χ1n) is 9.28. The van der Waals surface area contributed by atoms with Gasteiger partial charge in [0.15, 0.2) is 0 Å². The van der Waals surface area contributed by atoms with Crippen molar-refractivity contribution in [2.75, 3.05) is 29.9 Å². The lowest BCUT2D eigenvalue weighted by atomic mass is 10.2. The summed E-state index contributed by atoms with van der Waals surface area (Å²) in [7, 11) is 0. The Kier molecular flexibility index (Phi) is 7.38. The van der Waals surface area contributed by atoms with Crippen LogP contribution in [0.1, 0.15) is 50.2 Å².